The molecule has 1 aromatic rings. The first-order valence-corrected chi connectivity index (χ1v) is 3.55. The number of phenols is 1. The summed E-state index contributed by atoms with van der Waals surface area (Å²) in [6.07, 6.45) is 0. The van der Waals surface area contributed by atoms with E-state index in [1.165, 1.54) is 7.11 Å². The molecule has 0 amide bonds. The van der Waals surface area contributed by atoms with Gasteiger partial charge in [-0.3, -0.25) is 10.1 Å². The van der Waals surface area contributed by atoms with E-state index in [1.54, 1.807) is 6.07 Å². The highest BCUT2D eigenvalue weighted by atomic mass is 16.6. The zero-order valence-corrected chi connectivity index (χ0v) is 7.22. The van der Waals surface area contributed by atoms with E-state index in [0.29, 0.717) is 0 Å². The van der Waals surface area contributed by atoms with Crippen molar-refractivity contribution in [3.05, 3.63) is 27.8 Å². The Labute approximate surface area is 79.1 Å². The highest BCUT2D eigenvalue weighted by molar-refractivity contribution is 5.58. The molecule has 6 heteroatoms. The van der Waals surface area contributed by atoms with Gasteiger partial charge in [0.1, 0.15) is 11.6 Å². The Morgan fingerprint density at radius 1 is 1.64 bits per heavy atom. The van der Waals surface area contributed by atoms with Gasteiger partial charge in [0.25, 0.3) is 5.69 Å². The van der Waals surface area contributed by atoms with Crippen LogP contribution in [0.1, 0.15) is 5.56 Å². The fourth-order valence-corrected chi connectivity index (χ4v) is 0.962. The Kier molecular flexibility index (Phi) is 2.53. The van der Waals surface area contributed by atoms with Crippen LogP contribution < -0.4 is 4.74 Å². The number of rotatable bonds is 2. The zero-order chi connectivity index (χ0) is 10.7. The maximum absolute atomic E-state index is 10.5. The van der Waals surface area contributed by atoms with Crippen molar-refractivity contribution in [1.29, 1.82) is 5.26 Å². The van der Waals surface area contributed by atoms with E-state index in [1.807, 2.05) is 0 Å². The lowest BCUT2D eigenvalue weighted by atomic mass is 10.2. The predicted molar refractivity (Wildman–Crippen MR) is 46.0 cm³/mol. The van der Waals surface area contributed by atoms with E-state index in [4.69, 9.17) is 5.26 Å². The molecule has 0 radical (unpaired) electrons. The van der Waals surface area contributed by atoms with Crippen molar-refractivity contribution in [3.63, 3.8) is 0 Å². The summed E-state index contributed by atoms with van der Waals surface area (Å²) >= 11 is 0. The second-order valence-electron chi connectivity index (χ2n) is 2.41. The van der Waals surface area contributed by atoms with E-state index in [0.717, 1.165) is 12.1 Å². The Bertz CT molecular complexity index is 422. The summed E-state index contributed by atoms with van der Waals surface area (Å²) in [6, 6.07) is 3.62. The SMILES string of the molecule is COc1cc([N+](=O)[O-])c(C#N)cc1O. The molecule has 0 heterocycles. The molecule has 0 atom stereocenters. The minimum Gasteiger partial charge on any atom is -0.504 e. The molecule has 0 aliphatic heterocycles. The highest BCUT2D eigenvalue weighted by Crippen LogP contribution is 2.32. The quantitative estimate of drug-likeness (QED) is 0.563. The van der Waals surface area contributed by atoms with Crippen LogP contribution in [0.25, 0.3) is 0 Å². The van der Waals surface area contributed by atoms with Crippen molar-refractivity contribution in [2.75, 3.05) is 7.11 Å². The average Bonchev–Trinajstić information content (AvgIpc) is 2.16. The lowest BCUT2D eigenvalue weighted by Gasteiger charge is -2.03. The Hall–Kier alpha value is -2.29. The van der Waals surface area contributed by atoms with Crippen molar-refractivity contribution < 1.29 is 14.8 Å². The molecule has 0 bridgehead atoms. The number of hydrogen-bond donors (Lipinski definition) is 1. The third-order valence-electron chi connectivity index (χ3n) is 1.61. The molecule has 0 aromatic heterocycles. The Morgan fingerprint density at radius 2 is 2.29 bits per heavy atom. The summed E-state index contributed by atoms with van der Waals surface area (Å²) in [7, 11) is 1.27. The van der Waals surface area contributed by atoms with Gasteiger partial charge in [-0.2, -0.15) is 5.26 Å². The number of aromatic hydroxyl groups is 1. The lowest BCUT2D eigenvalue weighted by Crippen LogP contribution is -1.94. The molecule has 0 spiro atoms. The van der Waals surface area contributed by atoms with Gasteiger partial charge in [-0.05, 0) is 0 Å². The molecular formula is C8H6N2O4. The molecule has 0 saturated carbocycles. The van der Waals surface area contributed by atoms with Gasteiger partial charge in [-0.1, -0.05) is 0 Å². The molecule has 1 aromatic carbocycles. The van der Waals surface area contributed by atoms with Crippen LogP contribution in [-0.4, -0.2) is 17.1 Å². The monoisotopic (exact) mass is 194 g/mol. The van der Waals surface area contributed by atoms with E-state index < -0.39 is 4.92 Å². The fraction of sp³-hybridized carbons (Fsp3) is 0.125. The molecule has 0 unspecified atom stereocenters. The van der Waals surface area contributed by atoms with Gasteiger partial charge < -0.3 is 9.84 Å². The molecule has 0 saturated heterocycles. The molecule has 1 rings (SSSR count). The Balaban J connectivity index is 3.42. The summed E-state index contributed by atoms with van der Waals surface area (Å²) in [6.45, 7) is 0. The minimum absolute atomic E-state index is 0.0318. The van der Waals surface area contributed by atoms with Crippen LogP contribution in [0.3, 0.4) is 0 Å². The molecule has 0 fully saturated rings. The number of nitro groups is 1. The number of benzene rings is 1. The first kappa shape index (κ1) is 9.80. The van der Waals surface area contributed by atoms with Crippen LogP contribution in [-0.2, 0) is 0 Å². The van der Waals surface area contributed by atoms with Crippen molar-refractivity contribution in [2.45, 2.75) is 0 Å². The van der Waals surface area contributed by atoms with E-state index >= 15 is 0 Å². The van der Waals surface area contributed by atoms with E-state index in [-0.39, 0.29) is 22.7 Å². The first-order valence-electron chi connectivity index (χ1n) is 3.55. The van der Waals surface area contributed by atoms with Gasteiger partial charge in [0, 0.05) is 6.07 Å². The van der Waals surface area contributed by atoms with Gasteiger partial charge in [0.2, 0.25) is 0 Å². The second kappa shape index (κ2) is 3.62. The topological polar surface area (TPSA) is 96.4 Å². The number of hydrogen-bond acceptors (Lipinski definition) is 5. The summed E-state index contributed by atoms with van der Waals surface area (Å²) in [5.74, 6) is -0.328. The molecule has 0 aliphatic rings. The molecule has 1 N–H and O–H groups in total. The predicted octanol–water partition coefficient (Wildman–Crippen LogP) is 1.18. The van der Waals surface area contributed by atoms with Crippen LogP contribution in [0.2, 0.25) is 0 Å². The van der Waals surface area contributed by atoms with Crippen LogP contribution in [0.15, 0.2) is 12.1 Å². The maximum Gasteiger partial charge on any atom is 0.291 e. The third kappa shape index (κ3) is 1.56. The molecule has 6 nitrogen and oxygen atoms in total. The molecule has 14 heavy (non-hydrogen) atoms. The van der Waals surface area contributed by atoms with Crippen LogP contribution >= 0.6 is 0 Å². The van der Waals surface area contributed by atoms with Crippen LogP contribution in [0, 0.1) is 21.4 Å². The van der Waals surface area contributed by atoms with E-state index in [9.17, 15) is 15.2 Å². The number of methoxy groups -OCH3 is 1. The Morgan fingerprint density at radius 3 is 2.71 bits per heavy atom. The van der Waals surface area contributed by atoms with Gasteiger partial charge in [-0.25, -0.2) is 0 Å². The fourth-order valence-electron chi connectivity index (χ4n) is 0.962. The first-order chi connectivity index (χ1) is 6.60. The van der Waals surface area contributed by atoms with Crippen molar-refractivity contribution >= 4 is 5.69 Å². The number of nitrogens with zero attached hydrogens (tertiary/aromatic N) is 2. The van der Waals surface area contributed by atoms with Crippen molar-refractivity contribution in [2.24, 2.45) is 0 Å². The zero-order valence-electron chi connectivity index (χ0n) is 7.22. The van der Waals surface area contributed by atoms with Crippen molar-refractivity contribution in [1.82, 2.24) is 0 Å². The summed E-state index contributed by atoms with van der Waals surface area (Å²) < 4.78 is 4.67. The summed E-state index contributed by atoms with van der Waals surface area (Å²) in [4.78, 5) is 9.77. The normalized spacial score (nSPS) is 9.14. The number of nitriles is 1. The summed E-state index contributed by atoms with van der Waals surface area (Å²) in [5, 5.41) is 28.3. The van der Waals surface area contributed by atoms with Gasteiger partial charge >= 0.3 is 0 Å². The minimum atomic E-state index is -0.708. The number of ether oxygens (including phenoxy) is 1. The van der Waals surface area contributed by atoms with Crippen LogP contribution in [0.4, 0.5) is 5.69 Å². The van der Waals surface area contributed by atoms with Gasteiger partial charge in [0.05, 0.1) is 18.1 Å². The van der Waals surface area contributed by atoms with Crippen molar-refractivity contribution in [3.8, 4) is 17.6 Å². The largest absolute Gasteiger partial charge is 0.504 e. The smallest absolute Gasteiger partial charge is 0.291 e. The highest BCUT2D eigenvalue weighted by Gasteiger charge is 2.17. The molecule has 72 valence electrons. The standard InChI is InChI=1S/C8H6N2O4/c1-14-8-3-6(10(12)13)5(4-9)2-7(8)11/h2-3,11H,1H3. The second-order valence-corrected chi connectivity index (χ2v) is 2.41. The average molecular weight is 194 g/mol. The van der Waals surface area contributed by atoms with Crippen LogP contribution in [0.5, 0.6) is 11.5 Å². The number of nitro benzene ring substituents is 1. The summed E-state index contributed by atoms with van der Waals surface area (Å²) in [5.41, 5.74) is -0.588. The van der Waals surface area contributed by atoms with E-state index in [2.05, 4.69) is 4.74 Å². The van der Waals surface area contributed by atoms with Gasteiger partial charge in [-0.15, -0.1) is 0 Å². The maximum atomic E-state index is 10.5. The lowest BCUT2D eigenvalue weighted by molar-refractivity contribution is -0.385. The van der Waals surface area contributed by atoms with Gasteiger partial charge in [0.15, 0.2) is 11.5 Å². The molecular weight excluding hydrogens is 188 g/mol. The molecule has 0 aliphatic carbocycles. The third-order valence-corrected chi connectivity index (χ3v) is 1.61. The number of phenolic OH excluding ortho intramolecular Hbond substituents is 1.